The van der Waals surface area contributed by atoms with Crippen molar-refractivity contribution in [3.05, 3.63) is 64.7 Å². The smallest absolute Gasteiger partial charge is 0.119 e. The van der Waals surface area contributed by atoms with Crippen LogP contribution in [0.3, 0.4) is 0 Å². The highest BCUT2D eigenvalue weighted by atomic mass is 35.5. The molecule has 26 heavy (non-hydrogen) atoms. The van der Waals surface area contributed by atoms with Crippen LogP contribution in [0.4, 0.5) is 0 Å². The molecular weight excluding hydrogens is 342 g/mol. The fourth-order valence-corrected chi connectivity index (χ4v) is 4.56. The zero-order chi connectivity index (χ0) is 17.8. The van der Waals surface area contributed by atoms with Gasteiger partial charge < -0.3 is 9.64 Å². The quantitative estimate of drug-likeness (QED) is 0.662. The number of piperidine rings is 3. The minimum Gasteiger partial charge on any atom is -0.494 e. The van der Waals surface area contributed by atoms with Crippen LogP contribution in [-0.4, -0.2) is 31.1 Å². The molecule has 3 fully saturated rings. The van der Waals surface area contributed by atoms with Gasteiger partial charge in [-0.15, -0.1) is 0 Å². The van der Waals surface area contributed by atoms with Crippen LogP contribution in [0, 0.1) is 11.8 Å². The number of hydrogen-bond donors (Lipinski definition) is 0. The van der Waals surface area contributed by atoms with Gasteiger partial charge in [0, 0.05) is 11.6 Å². The lowest BCUT2D eigenvalue weighted by Gasteiger charge is -2.44. The molecule has 0 aromatic heterocycles. The number of nitrogens with zero attached hydrogens (tertiary/aromatic N) is 1. The molecule has 3 aliphatic rings. The summed E-state index contributed by atoms with van der Waals surface area (Å²) in [5.41, 5.74) is 2.68. The van der Waals surface area contributed by atoms with E-state index in [2.05, 4.69) is 41.3 Å². The molecule has 3 heteroatoms. The molecule has 3 aliphatic heterocycles. The Morgan fingerprint density at radius 3 is 2.08 bits per heavy atom. The molecule has 2 nitrogen and oxygen atoms in total. The predicted octanol–water partition coefficient (Wildman–Crippen LogP) is 5.24. The minimum atomic E-state index is 0.800. The van der Waals surface area contributed by atoms with Crippen molar-refractivity contribution in [3.63, 3.8) is 0 Å². The maximum absolute atomic E-state index is 6.01. The molecule has 138 valence electrons. The van der Waals surface area contributed by atoms with Crippen molar-refractivity contribution >= 4 is 11.6 Å². The lowest BCUT2D eigenvalue weighted by molar-refractivity contribution is 0.0397. The summed E-state index contributed by atoms with van der Waals surface area (Å²) in [6.45, 7) is 4.77. The van der Waals surface area contributed by atoms with Crippen molar-refractivity contribution in [3.8, 4) is 5.75 Å². The molecule has 0 N–H and O–H groups in total. The van der Waals surface area contributed by atoms with Gasteiger partial charge in [-0.05, 0) is 92.4 Å². The molecular formula is C23H28ClNO. The van der Waals surface area contributed by atoms with Crippen molar-refractivity contribution in [1.29, 1.82) is 0 Å². The highest BCUT2D eigenvalue weighted by molar-refractivity contribution is 6.30. The van der Waals surface area contributed by atoms with E-state index in [-0.39, 0.29) is 0 Å². The second-order valence-electron chi connectivity index (χ2n) is 7.81. The van der Waals surface area contributed by atoms with Gasteiger partial charge in [0.2, 0.25) is 0 Å². The van der Waals surface area contributed by atoms with Gasteiger partial charge in [0.05, 0.1) is 6.61 Å². The molecule has 3 heterocycles. The topological polar surface area (TPSA) is 12.5 Å². The van der Waals surface area contributed by atoms with E-state index >= 15 is 0 Å². The van der Waals surface area contributed by atoms with Crippen LogP contribution >= 0.6 is 11.6 Å². The summed E-state index contributed by atoms with van der Waals surface area (Å²) in [7, 11) is 0. The maximum Gasteiger partial charge on any atom is 0.119 e. The molecule has 5 rings (SSSR count). The summed E-state index contributed by atoms with van der Waals surface area (Å²) in [6.07, 6.45) is 6.07. The van der Waals surface area contributed by atoms with Crippen LogP contribution in [0.15, 0.2) is 48.5 Å². The van der Waals surface area contributed by atoms with E-state index in [4.69, 9.17) is 16.3 Å². The van der Waals surface area contributed by atoms with Crippen molar-refractivity contribution < 1.29 is 4.74 Å². The Balaban J connectivity index is 1.21. The van der Waals surface area contributed by atoms with E-state index in [1.807, 2.05) is 12.1 Å². The van der Waals surface area contributed by atoms with Crippen LogP contribution in [0.2, 0.25) is 5.02 Å². The summed E-state index contributed by atoms with van der Waals surface area (Å²) in [5, 5.41) is 0.800. The first-order valence-electron chi connectivity index (χ1n) is 9.95. The fourth-order valence-electron chi connectivity index (χ4n) is 4.43. The third-order valence-corrected chi connectivity index (χ3v) is 6.34. The third-order valence-electron chi connectivity index (χ3n) is 6.09. The van der Waals surface area contributed by atoms with E-state index < -0.39 is 0 Å². The van der Waals surface area contributed by atoms with Gasteiger partial charge >= 0.3 is 0 Å². The van der Waals surface area contributed by atoms with Crippen molar-refractivity contribution in [1.82, 2.24) is 4.90 Å². The monoisotopic (exact) mass is 369 g/mol. The molecule has 1 atom stereocenters. The number of rotatable bonds is 7. The first-order valence-corrected chi connectivity index (χ1v) is 10.3. The Bertz CT molecular complexity index is 689. The molecule has 0 spiro atoms. The van der Waals surface area contributed by atoms with Gasteiger partial charge in [0.1, 0.15) is 5.75 Å². The standard InChI is InChI=1S/C23H28ClNO/c24-22-7-3-18(4-8-22)1-2-19-5-9-23(10-6-19)26-16-13-21-17-25-14-11-20(21)12-15-25/h3-10,20-21H,1-2,11-17H2. The number of halogens is 1. The average molecular weight is 370 g/mol. The number of fused-ring (bicyclic) bond motifs is 3. The van der Waals surface area contributed by atoms with Crippen molar-refractivity contribution in [2.75, 3.05) is 26.2 Å². The van der Waals surface area contributed by atoms with E-state index in [0.29, 0.717) is 0 Å². The minimum absolute atomic E-state index is 0.800. The van der Waals surface area contributed by atoms with Crippen LogP contribution < -0.4 is 4.74 Å². The predicted molar refractivity (Wildman–Crippen MR) is 108 cm³/mol. The van der Waals surface area contributed by atoms with E-state index in [9.17, 15) is 0 Å². The zero-order valence-corrected chi connectivity index (χ0v) is 16.1. The van der Waals surface area contributed by atoms with E-state index in [1.165, 1.54) is 50.0 Å². The number of hydrogen-bond acceptors (Lipinski definition) is 2. The van der Waals surface area contributed by atoms with Crippen LogP contribution in [0.5, 0.6) is 5.75 Å². The van der Waals surface area contributed by atoms with Gasteiger partial charge in [0.25, 0.3) is 0 Å². The fraction of sp³-hybridized carbons (Fsp3) is 0.478. The molecule has 2 bridgehead atoms. The number of ether oxygens (including phenoxy) is 1. The Labute approximate surface area is 162 Å². The lowest BCUT2D eigenvalue weighted by Crippen LogP contribution is -2.47. The number of aryl methyl sites for hydroxylation is 2. The largest absolute Gasteiger partial charge is 0.494 e. The molecule has 0 amide bonds. The first-order chi connectivity index (χ1) is 12.8. The Hall–Kier alpha value is -1.51. The Morgan fingerprint density at radius 2 is 1.50 bits per heavy atom. The lowest BCUT2D eigenvalue weighted by atomic mass is 9.78. The summed E-state index contributed by atoms with van der Waals surface area (Å²) >= 11 is 5.94. The highest BCUT2D eigenvalue weighted by Crippen LogP contribution is 2.34. The van der Waals surface area contributed by atoms with Gasteiger partial charge in [-0.2, -0.15) is 0 Å². The normalized spacial score (nSPS) is 24.6. The maximum atomic E-state index is 6.01. The first kappa shape index (κ1) is 17.9. The molecule has 0 aliphatic carbocycles. The third kappa shape index (κ3) is 4.61. The second kappa shape index (κ2) is 8.45. The zero-order valence-electron chi connectivity index (χ0n) is 15.4. The molecule has 2 aromatic carbocycles. The van der Waals surface area contributed by atoms with Gasteiger partial charge in [-0.1, -0.05) is 35.9 Å². The van der Waals surface area contributed by atoms with Crippen molar-refractivity contribution in [2.24, 2.45) is 11.8 Å². The average Bonchev–Trinajstić information content (AvgIpc) is 2.70. The highest BCUT2D eigenvalue weighted by Gasteiger charge is 2.33. The molecule has 3 saturated heterocycles. The number of benzene rings is 2. The summed E-state index contributed by atoms with van der Waals surface area (Å²) in [6, 6.07) is 16.8. The van der Waals surface area contributed by atoms with Crippen molar-refractivity contribution in [2.45, 2.75) is 32.1 Å². The van der Waals surface area contributed by atoms with Crippen LogP contribution in [-0.2, 0) is 12.8 Å². The van der Waals surface area contributed by atoms with Gasteiger partial charge in [-0.25, -0.2) is 0 Å². The Morgan fingerprint density at radius 1 is 0.885 bits per heavy atom. The van der Waals surface area contributed by atoms with Crippen LogP contribution in [0.25, 0.3) is 0 Å². The van der Waals surface area contributed by atoms with Gasteiger partial charge in [0.15, 0.2) is 0 Å². The molecule has 2 aromatic rings. The molecule has 0 radical (unpaired) electrons. The summed E-state index contributed by atoms with van der Waals surface area (Å²) < 4.78 is 6.01. The van der Waals surface area contributed by atoms with Gasteiger partial charge in [-0.3, -0.25) is 0 Å². The summed E-state index contributed by atoms with van der Waals surface area (Å²) in [4.78, 5) is 2.63. The molecule has 0 saturated carbocycles. The molecule has 1 unspecified atom stereocenters. The Kier molecular flexibility index (Phi) is 5.81. The SMILES string of the molecule is Clc1ccc(CCc2ccc(OCCC3CN4CCC3CC4)cc2)cc1. The second-order valence-corrected chi connectivity index (χ2v) is 8.24. The van der Waals surface area contributed by atoms with Crippen LogP contribution in [0.1, 0.15) is 30.4 Å². The summed E-state index contributed by atoms with van der Waals surface area (Å²) in [5.74, 6) is 2.79. The van der Waals surface area contributed by atoms with E-state index in [1.54, 1.807) is 0 Å². The van der Waals surface area contributed by atoms with E-state index in [0.717, 1.165) is 42.1 Å².